The van der Waals surface area contributed by atoms with E-state index in [1.54, 1.807) is 0 Å². The molecule has 2 rings (SSSR count). The Balaban J connectivity index is 0.000000605. The van der Waals surface area contributed by atoms with Crippen LogP contribution in [0.4, 0.5) is 0 Å². The van der Waals surface area contributed by atoms with Crippen LogP contribution in [-0.2, 0) is 0 Å². The fourth-order valence-electron chi connectivity index (χ4n) is 2.20. The first-order valence-corrected chi connectivity index (χ1v) is 4.52. The molecule has 66 valence electrons. The zero-order chi connectivity index (χ0) is 7.03. The van der Waals surface area contributed by atoms with E-state index in [4.69, 9.17) is 0 Å². The molecule has 2 aliphatic carbocycles. The molecule has 2 saturated carbocycles. The van der Waals surface area contributed by atoms with Crippen molar-refractivity contribution in [3.63, 3.8) is 0 Å². The molecule has 1 N–H and O–H groups in total. The SMILES string of the molecule is CNC1CCC2(CC1)CC2.Cl. The van der Waals surface area contributed by atoms with E-state index in [1.165, 1.54) is 38.5 Å². The molecule has 0 aliphatic heterocycles. The highest BCUT2D eigenvalue weighted by atomic mass is 35.5. The molecule has 1 nitrogen and oxygen atoms in total. The predicted molar refractivity (Wildman–Crippen MR) is 50.2 cm³/mol. The number of rotatable bonds is 1. The quantitative estimate of drug-likeness (QED) is 0.645. The molecular formula is C9H18ClN. The van der Waals surface area contributed by atoms with Gasteiger partial charge in [-0.05, 0) is 51.0 Å². The second-order valence-electron chi connectivity index (χ2n) is 4.06. The van der Waals surface area contributed by atoms with Gasteiger partial charge in [-0.3, -0.25) is 0 Å². The number of halogens is 1. The third-order valence-corrected chi connectivity index (χ3v) is 3.41. The zero-order valence-corrected chi connectivity index (χ0v) is 8.04. The van der Waals surface area contributed by atoms with E-state index in [0.29, 0.717) is 0 Å². The highest BCUT2D eigenvalue weighted by Gasteiger charge is 2.44. The van der Waals surface area contributed by atoms with Gasteiger partial charge in [-0.15, -0.1) is 12.4 Å². The van der Waals surface area contributed by atoms with E-state index in [0.717, 1.165) is 11.5 Å². The minimum atomic E-state index is 0. The summed E-state index contributed by atoms with van der Waals surface area (Å²) in [5.41, 5.74) is 0.868. The summed E-state index contributed by atoms with van der Waals surface area (Å²) in [6.45, 7) is 0. The highest BCUT2D eigenvalue weighted by molar-refractivity contribution is 5.85. The van der Waals surface area contributed by atoms with Crippen molar-refractivity contribution in [2.24, 2.45) is 5.41 Å². The van der Waals surface area contributed by atoms with Crippen LogP contribution in [0.5, 0.6) is 0 Å². The summed E-state index contributed by atoms with van der Waals surface area (Å²) < 4.78 is 0. The van der Waals surface area contributed by atoms with Gasteiger partial charge in [0, 0.05) is 6.04 Å². The second kappa shape index (κ2) is 3.32. The monoisotopic (exact) mass is 175 g/mol. The molecule has 0 bridgehead atoms. The average Bonchev–Trinajstić information content (AvgIpc) is 2.72. The van der Waals surface area contributed by atoms with Crippen LogP contribution in [0.3, 0.4) is 0 Å². The molecule has 0 atom stereocenters. The fourth-order valence-corrected chi connectivity index (χ4v) is 2.20. The maximum Gasteiger partial charge on any atom is 0.00644 e. The van der Waals surface area contributed by atoms with Gasteiger partial charge in [0.15, 0.2) is 0 Å². The normalized spacial score (nSPS) is 28.1. The van der Waals surface area contributed by atoms with Crippen molar-refractivity contribution in [1.82, 2.24) is 5.32 Å². The van der Waals surface area contributed by atoms with E-state index in [9.17, 15) is 0 Å². The zero-order valence-electron chi connectivity index (χ0n) is 7.23. The van der Waals surface area contributed by atoms with Crippen LogP contribution in [0, 0.1) is 5.41 Å². The molecule has 0 saturated heterocycles. The van der Waals surface area contributed by atoms with Crippen molar-refractivity contribution in [2.45, 2.75) is 44.6 Å². The number of nitrogens with one attached hydrogen (secondary N) is 1. The van der Waals surface area contributed by atoms with Crippen molar-refractivity contribution in [1.29, 1.82) is 0 Å². The van der Waals surface area contributed by atoms with Crippen LogP contribution in [-0.4, -0.2) is 13.1 Å². The van der Waals surface area contributed by atoms with Crippen molar-refractivity contribution in [3.05, 3.63) is 0 Å². The Morgan fingerprint density at radius 2 is 1.64 bits per heavy atom. The fraction of sp³-hybridized carbons (Fsp3) is 1.00. The summed E-state index contributed by atoms with van der Waals surface area (Å²) in [6.07, 6.45) is 8.91. The highest BCUT2D eigenvalue weighted by Crippen LogP contribution is 2.55. The smallest absolute Gasteiger partial charge is 0.00644 e. The number of hydrogen-bond donors (Lipinski definition) is 1. The van der Waals surface area contributed by atoms with Crippen molar-refractivity contribution >= 4 is 12.4 Å². The Morgan fingerprint density at radius 3 is 2.00 bits per heavy atom. The van der Waals surface area contributed by atoms with E-state index in [2.05, 4.69) is 12.4 Å². The van der Waals surface area contributed by atoms with Crippen LogP contribution in [0.2, 0.25) is 0 Å². The largest absolute Gasteiger partial charge is 0.317 e. The van der Waals surface area contributed by atoms with Gasteiger partial charge >= 0.3 is 0 Å². The molecule has 2 heteroatoms. The Hall–Kier alpha value is 0.250. The standard InChI is InChI=1S/C9H17N.ClH/c1-10-8-2-4-9(5-3-8)6-7-9;/h8,10H,2-7H2,1H3;1H. The summed E-state index contributed by atoms with van der Waals surface area (Å²) in [5.74, 6) is 0. The average molecular weight is 176 g/mol. The summed E-state index contributed by atoms with van der Waals surface area (Å²) in [6, 6.07) is 0.839. The first-order chi connectivity index (χ1) is 4.85. The molecule has 1 spiro atoms. The summed E-state index contributed by atoms with van der Waals surface area (Å²) in [4.78, 5) is 0. The maximum absolute atomic E-state index is 3.37. The van der Waals surface area contributed by atoms with Crippen molar-refractivity contribution in [3.8, 4) is 0 Å². The van der Waals surface area contributed by atoms with E-state index >= 15 is 0 Å². The van der Waals surface area contributed by atoms with Crippen molar-refractivity contribution < 1.29 is 0 Å². The minimum absolute atomic E-state index is 0. The lowest BCUT2D eigenvalue weighted by atomic mass is 9.83. The Bertz CT molecular complexity index is 122. The lowest BCUT2D eigenvalue weighted by Crippen LogP contribution is -2.30. The van der Waals surface area contributed by atoms with Gasteiger partial charge in [0.25, 0.3) is 0 Å². The maximum atomic E-state index is 3.37. The molecule has 0 aromatic rings. The summed E-state index contributed by atoms with van der Waals surface area (Å²) in [5, 5.41) is 3.37. The number of hydrogen-bond acceptors (Lipinski definition) is 1. The van der Waals surface area contributed by atoms with Crippen LogP contribution in [0.1, 0.15) is 38.5 Å². The van der Waals surface area contributed by atoms with Gasteiger partial charge < -0.3 is 5.32 Å². The molecule has 0 heterocycles. The summed E-state index contributed by atoms with van der Waals surface area (Å²) >= 11 is 0. The van der Waals surface area contributed by atoms with Crippen LogP contribution in [0.25, 0.3) is 0 Å². The molecule has 0 aromatic carbocycles. The lowest BCUT2D eigenvalue weighted by Gasteiger charge is -2.27. The molecule has 0 aromatic heterocycles. The Labute approximate surface area is 75.4 Å². The van der Waals surface area contributed by atoms with Gasteiger partial charge in [-0.25, -0.2) is 0 Å². The molecular weight excluding hydrogens is 158 g/mol. The van der Waals surface area contributed by atoms with Crippen molar-refractivity contribution in [2.75, 3.05) is 7.05 Å². The Morgan fingerprint density at radius 1 is 1.09 bits per heavy atom. The van der Waals surface area contributed by atoms with E-state index in [-0.39, 0.29) is 12.4 Å². The molecule has 0 amide bonds. The predicted octanol–water partition coefficient (Wildman–Crippen LogP) is 2.35. The topological polar surface area (TPSA) is 12.0 Å². The third-order valence-electron chi connectivity index (χ3n) is 3.41. The van der Waals surface area contributed by atoms with Crippen LogP contribution >= 0.6 is 12.4 Å². The minimum Gasteiger partial charge on any atom is -0.317 e. The molecule has 11 heavy (non-hydrogen) atoms. The Kier molecular flexibility index (Phi) is 2.82. The van der Waals surface area contributed by atoms with Gasteiger partial charge in [0.1, 0.15) is 0 Å². The summed E-state index contributed by atoms with van der Waals surface area (Å²) in [7, 11) is 2.09. The lowest BCUT2D eigenvalue weighted by molar-refractivity contribution is 0.283. The van der Waals surface area contributed by atoms with E-state index in [1.807, 2.05) is 0 Å². The molecule has 2 fully saturated rings. The second-order valence-corrected chi connectivity index (χ2v) is 4.06. The molecule has 0 unspecified atom stereocenters. The molecule has 2 aliphatic rings. The first-order valence-electron chi connectivity index (χ1n) is 4.52. The van der Waals surface area contributed by atoms with Crippen LogP contribution < -0.4 is 5.32 Å². The first kappa shape index (κ1) is 9.34. The van der Waals surface area contributed by atoms with Gasteiger partial charge in [0.2, 0.25) is 0 Å². The van der Waals surface area contributed by atoms with Gasteiger partial charge in [-0.2, -0.15) is 0 Å². The third kappa shape index (κ3) is 1.88. The van der Waals surface area contributed by atoms with Crippen LogP contribution in [0.15, 0.2) is 0 Å². The molecule has 0 radical (unpaired) electrons. The van der Waals surface area contributed by atoms with Gasteiger partial charge in [-0.1, -0.05) is 0 Å². The van der Waals surface area contributed by atoms with Gasteiger partial charge in [0.05, 0.1) is 0 Å². The van der Waals surface area contributed by atoms with E-state index < -0.39 is 0 Å².